The number of ether oxygens (including phenoxy) is 2. The summed E-state index contributed by atoms with van der Waals surface area (Å²) < 4.78 is 27.7. The SMILES string of the molecule is COCCCCn1c(C(=O)N(CC(C)C)[C@H]2C[C@@H](C(=O)N3CCCC3)CN(C(=O)OC(C)(C)C)C2)nc2cccc(F)c21. The molecular weight excluding hydrogens is 553 g/mol. The minimum absolute atomic E-state index is 0.0140. The molecule has 0 saturated carbocycles. The molecule has 0 aliphatic carbocycles. The maximum Gasteiger partial charge on any atom is 0.410 e. The predicted octanol–water partition coefficient (Wildman–Crippen LogP) is 4.95. The molecule has 1 aromatic carbocycles. The third-order valence-electron chi connectivity index (χ3n) is 8.00. The van der Waals surface area contributed by atoms with Crippen molar-refractivity contribution in [2.24, 2.45) is 11.8 Å². The van der Waals surface area contributed by atoms with Crippen molar-refractivity contribution in [3.8, 4) is 0 Å². The zero-order valence-electron chi connectivity index (χ0n) is 26.6. The summed E-state index contributed by atoms with van der Waals surface area (Å²) in [5.74, 6) is -0.951. The number of piperidine rings is 1. The maximum atomic E-state index is 15.1. The second-order valence-corrected chi connectivity index (χ2v) is 13.3. The quantitative estimate of drug-likeness (QED) is 0.358. The van der Waals surface area contributed by atoms with E-state index >= 15 is 4.39 Å². The van der Waals surface area contributed by atoms with Gasteiger partial charge in [-0.1, -0.05) is 19.9 Å². The Hall–Kier alpha value is -3.21. The van der Waals surface area contributed by atoms with Crippen molar-refractivity contribution in [2.75, 3.05) is 46.4 Å². The number of likely N-dealkylation sites (tertiary alicyclic amines) is 2. The molecule has 0 bridgehead atoms. The predicted molar refractivity (Wildman–Crippen MR) is 162 cm³/mol. The van der Waals surface area contributed by atoms with Gasteiger partial charge < -0.3 is 28.7 Å². The Morgan fingerprint density at radius 2 is 1.81 bits per heavy atom. The number of hydrogen-bond donors (Lipinski definition) is 0. The number of rotatable bonds is 10. The lowest BCUT2D eigenvalue weighted by molar-refractivity contribution is -0.137. The first-order valence-electron chi connectivity index (χ1n) is 15.6. The van der Waals surface area contributed by atoms with Crippen molar-refractivity contribution in [1.29, 1.82) is 0 Å². The van der Waals surface area contributed by atoms with Crippen LogP contribution in [0.15, 0.2) is 18.2 Å². The number of para-hydroxylation sites is 1. The smallest absolute Gasteiger partial charge is 0.410 e. The van der Waals surface area contributed by atoms with Gasteiger partial charge >= 0.3 is 6.09 Å². The van der Waals surface area contributed by atoms with Crippen LogP contribution in [-0.2, 0) is 20.8 Å². The number of nitrogens with zero attached hydrogens (tertiary/aromatic N) is 5. The Labute approximate surface area is 254 Å². The van der Waals surface area contributed by atoms with E-state index in [0.717, 1.165) is 19.3 Å². The molecule has 3 amide bonds. The number of carbonyl (C=O) groups excluding carboxylic acids is 3. The maximum absolute atomic E-state index is 15.1. The van der Waals surface area contributed by atoms with Gasteiger partial charge in [0.1, 0.15) is 16.9 Å². The molecule has 2 aromatic rings. The topological polar surface area (TPSA) is 97.2 Å². The number of amides is 3. The van der Waals surface area contributed by atoms with E-state index < -0.39 is 29.5 Å². The Morgan fingerprint density at radius 1 is 1.09 bits per heavy atom. The number of fused-ring (bicyclic) bond motifs is 1. The van der Waals surface area contributed by atoms with E-state index in [1.165, 1.54) is 6.07 Å². The standard InChI is InChI=1S/C32H48FN5O5/c1-22(2)19-38(30(40)28-34-26-13-11-12-25(33)27(26)37(28)16-9-10-17-42-6)24-18-23(29(39)35-14-7-8-15-35)20-36(21-24)31(41)43-32(3,4)5/h11-13,22-24H,7-10,14-21H2,1-6H3/t23-,24+/m1/s1. The fourth-order valence-electron chi connectivity index (χ4n) is 6.11. The molecule has 43 heavy (non-hydrogen) atoms. The van der Waals surface area contributed by atoms with E-state index in [1.807, 2.05) is 39.5 Å². The lowest BCUT2D eigenvalue weighted by atomic mass is 9.91. The summed E-state index contributed by atoms with van der Waals surface area (Å²) in [6.07, 6.45) is 3.29. The summed E-state index contributed by atoms with van der Waals surface area (Å²) in [5, 5.41) is 0. The van der Waals surface area contributed by atoms with Crippen LogP contribution in [0.25, 0.3) is 11.0 Å². The van der Waals surface area contributed by atoms with E-state index in [9.17, 15) is 14.4 Å². The number of halogens is 1. The third kappa shape index (κ3) is 8.04. The first-order chi connectivity index (χ1) is 20.4. The van der Waals surface area contributed by atoms with E-state index in [1.54, 1.807) is 33.6 Å². The lowest BCUT2D eigenvalue weighted by Gasteiger charge is -2.43. The number of methoxy groups -OCH3 is 1. The number of benzene rings is 1. The molecule has 1 aromatic heterocycles. The van der Waals surface area contributed by atoms with Gasteiger partial charge in [0, 0.05) is 53.0 Å². The largest absolute Gasteiger partial charge is 0.444 e. The van der Waals surface area contributed by atoms with E-state index in [4.69, 9.17) is 9.47 Å². The molecule has 10 nitrogen and oxygen atoms in total. The highest BCUT2D eigenvalue weighted by Crippen LogP contribution is 2.29. The average Bonchev–Trinajstić information content (AvgIpc) is 3.61. The molecule has 0 unspecified atom stereocenters. The number of aryl methyl sites for hydroxylation is 1. The van der Waals surface area contributed by atoms with Gasteiger partial charge in [-0.2, -0.15) is 0 Å². The molecule has 0 spiro atoms. The van der Waals surface area contributed by atoms with E-state index in [0.29, 0.717) is 56.7 Å². The number of unbranched alkanes of at least 4 members (excludes halogenated alkanes) is 1. The Kier molecular flexibility index (Phi) is 10.7. The number of imidazole rings is 1. The zero-order chi connectivity index (χ0) is 31.3. The molecule has 4 rings (SSSR count). The molecule has 3 heterocycles. The summed E-state index contributed by atoms with van der Waals surface area (Å²) in [5.41, 5.74) is 0.0125. The molecular formula is C32H48FN5O5. The van der Waals surface area contributed by atoms with Crippen LogP contribution in [0.2, 0.25) is 0 Å². The second-order valence-electron chi connectivity index (χ2n) is 13.3. The van der Waals surface area contributed by atoms with Crippen molar-refractivity contribution < 1.29 is 28.2 Å². The monoisotopic (exact) mass is 601 g/mol. The van der Waals surface area contributed by atoms with Gasteiger partial charge in [0.25, 0.3) is 5.91 Å². The summed E-state index contributed by atoms with van der Waals surface area (Å²) in [6, 6.07) is 4.24. The van der Waals surface area contributed by atoms with E-state index in [-0.39, 0.29) is 36.6 Å². The highest BCUT2D eigenvalue weighted by atomic mass is 19.1. The molecule has 2 atom stereocenters. The van der Waals surface area contributed by atoms with Gasteiger partial charge in [0.15, 0.2) is 5.82 Å². The highest BCUT2D eigenvalue weighted by molar-refractivity contribution is 5.95. The minimum atomic E-state index is -0.705. The summed E-state index contributed by atoms with van der Waals surface area (Å²) in [7, 11) is 1.64. The van der Waals surface area contributed by atoms with Crippen LogP contribution in [0.1, 0.15) is 77.3 Å². The minimum Gasteiger partial charge on any atom is -0.444 e. The van der Waals surface area contributed by atoms with Gasteiger partial charge in [0.05, 0.1) is 17.5 Å². The van der Waals surface area contributed by atoms with Crippen LogP contribution in [0.4, 0.5) is 9.18 Å². The van der Waals surface area contributed by atoms with Crippen LogP contribution in [-0.4, -0.2) is 100 Å². The van der Waals surface area contributed by atoms with Crippen molar-refractivity contribution in [3.05, 3.63) is 29.8 Å². The average molecular weight is 602 g/mol. The molecule has 2 aliphatic heterocycles. The van der Waals surface area contributed by atoms with Gasteiger partial charge in [-0.3, -0.25) is 9.59 Å². The molecule has 238 valence electrons. The Morgan fingerprint density at radius 3 is 2.47 bits per heavy atom. The van der Waals surface area contributed by atoms with Crippen molar-refractivity contribution in [3.63, 3.8) is 0 Å². The normalized spacial score (nSPS) is 19.3. The number of carbonyl (C=O) groups is 3. The second kappa shape index (κ2) is 14.1. The molecule has 0 radical (unpaired) electrons. The van der Waals surface area contributed by atoms with Gasteiger partial charge in [-0.15, -0.1) is 0 Å². The van der Waals surface area contributed by atoms with Crippen molar-refractivity contribution in [2.45, 2.75) is 84.9 Å². The first-order valence-corrected chi connectivity index (χ1v) is 15.6. The molecule has 2 saturated heterocycles. The fourth-order valence-corrected chi connectivity index (χ4v) is 6.11. The molecule has 0 N–H and O–H groups in total. The van der Waals surface area contributed by atoms with Crippen LogP contribution in [0.5, 0.6) is 0 Å². The van der Waals surface area contributed by atoms with Crippen molar-refractivity contribution in [1.82, 2.24) is 24.3 Å². The van der Waals surface area contributed by atoms with Gasteiger partial charge in [-0.05, 0) is 70.9 Å². The summed E-state index contributed by atoms with van der Waals surface area (Å²) >= 11 is 0. The molecule has 2 fully saturated rings. The molecule has 11 heteroatoms. The molecule has 2 aliphatic rings. The number of aromatic nitrogens is 2. The van der Waals surface area contributed by atoms with Crippen LogP contribution < -0.4 is 0 Å². The fraction of sp³-hybridized carbons (Fsp3) is 0.688. The number of hydrogen-bond acceptors (Lipinski definition) is 6. The highest BCUT2D eigenvalue weighted by Gasteiger charge is 2.42. The summed E-state index contributed by atoms with van der Waals surface area (Å²) in [4.78, 5) is 51.3. The Balaban J connectivity index is 1.70. The lowest BCUT2D eigenvalue weighted by Crippen LogP contribution is -2.58. The summed E-state index contributed by atoms with van der Waals surface area (Å²) in [6.45, 7) is 12.7. The van der Waals surface area contributed by atoms with Gasteiger partial charge in [0.2, 0.25) is 5.91 Å². The van der Waals surface area contributed by atoms with Crippen LogP contribution in [0, 0.1) is 17.7 Å². The van der Waals surface area contributed by atoms with Crippen LogP contribution >= 0.6 is 0 Å². The van der Waals surface area contributed by atoms with Crippen LogP contribution in [0.3, 0.4) is 0 Å². The van der Waals surface area contributed by atoms with Gasteiger partial charge in [-0.25, -0.2) is 14.2 Å². The first kappa shape index (κ1) is 32.7. The van der Waals surface area contributed by atoms with E-state index in [2.05, 4.69) is 4.98 Å². The van der Waals surface area contributed by atoms with Crippen molar-refractivity contribution >= 4 is 28.9 Å². The third-order valence-corrected chi connectivity index (χ3v) is 8.00. The Bertz CT molecular complexity index is 1280. The zero-order valence-corrected chi connectivity index (χ0v) is 26.6.